The third kappa shape index (κ3) is 1.09. The number of aliphatic hydroxyl groups excluding tert-OH is 1. The highest BCUT2D eigenvalue weighted by Gasteiger charge is 2.47. The maximum Gasteiger partial charge on any atom is 0.164 e. The zero-order valence-electron chi connectivity index (χ0n) is 7.57. The summed E-state index contributed by atoms with van der Waals surface area (Å²) in [6.07, 6.45) is 1.19. The summed E-state index contributed by atoms with van der Waals surface area (Å²) >= 11 is 0. The number of rotatable bonds is 0. The van der Waals surface area contributed by atoms with Gasteiger partial charge in [-0.25, -0.2) is 0 Å². The van der Waals surface area contributed by atoms with Crippen LogP contribution in [0.2, 0.25) is 0 Å². The van der Waals surface area contributed by atoms with Gasteiger partial charge in [-0.05, 0) is 26.3 Å². The van der Waals surface area contributed by atoms with Crippen molar-refractivity contribution in [2.24, 2.45) is 0 Å². The first-order valence-electron chi connectivity index (χ1n) is 4.22. The Morgan fingerprint density at radius 2 is 2.08 bits per heavy atom. The Bertz CT molecular complexity index is 232. The number of aliphatic hydroxyl groups is 1. The first-order chi connectivity index (χ1) is 5.49. The van der Waals surface area contributed by atoms with E-state index in [1.54, 1.807) is 0 Å². The van der Waals surface area contributed by atoms with E-state index < -0.39 is 11.9 Å². The molecule has 2 rings (SSSR count). The fourth-order valence-corrected chi connectivity index (χ4v) is 1.81. The molecule has 0 bridgehead atoms. The Morgan fingerprint density at radius 1 is 1.42 bits per heavy atom. The molecule has 1 fully saturated rings. The van der Waals surface area contributed by atoms with Gasteiger partial charge >= 0.3 is 0 Å². The molecule has 0 aromatic heterocycles. The molecule has 1 saturated heterocycles. The van der Waals surface area contributed by atoms with Gasteiger partial charge in [0, 0.05) is 0 Å². The lowest BCUT2D eigenvalue weighted by atomic mass is 10.2. The first-order valence-corrected chi connectivity index (χ1v) is 4.22. The van der Waals surface area contributed by atoms with Gasteiger partial charge in [0.1, 0.15) is 18.3 Å². The molecule has 0 amide bonds. The van der Waals surface area contributed by atoms with Crippen LogP contribution in [0, 0.1) is 0 Å². The van der Waals surface area contributed by atoms with Crippen molar-refractivity contribution in [2.45, 2.75) is 44.9 Å². The third-order valence-electron chi connectivity index (χ3n) is 2.37. The van der Waals surface area contributed by atoms with Crippen molar-refractivity contribution >= 4 is 0 Å². The molecule has 0 saturated carbocycles. The van der Waals surface area contributed by atoms with Crippen LogP contribution in [-0.2, 0) is 9.47 Å². The Kier molecular flexibility index (Phi) is 1.59. The van der Waals surface area contributed by atoms with E-state index >= 15 is 0 Å². The van der Waals surface area contributed by atoms with Gasteiger partial charge in [-0.1, -0.05) is 6.08 Å². The fourth-order valence-electron chi connectivity index (χ4n) is 1.81. The Labute approximate surface area is 72.0 Å². The Balaban J connectivity index is 2.19. The average Bonchev–Trinajstić information content (AvgIpc) is 2.33. The second kappa shape index (κ2) is 2.31. The van der Waals surface area contributed by atoms with Gasteiger partial charge < -0.3 is 14.6 Å². The lowest BCUT2D eigenvalue weighted by Crippen LogP contribution is -2.30. The van der Waals surface area contributed by atoms with E-state index in [9.17, 15) is 5.11 Å². The minimum absolute atomic E-state index is 0.0602. The number of ether oxygens (including phenoxy) is 2. The highest BCUT2D eigenvalue weighted by atomic mass is 16.8. The summed E-state index contributed by atoms with van der Waals surface area (Å²) in [5.41, 5.74) is 0.945. The summed E-state index contributed by atoms with van der Waals surface area (Å²) in [6, 6.07) is 0. The van der Waals surface area contributed by atoms with Crippen LogP contribution in [0.15, 0.2) is 11.6 Å². The van der Waals surface area contributed by atoms with Gasteiger partial charge in [0.15, 0.2) is 5.79 Å². The standard InChI is InChI=1S/C9H14O3/c1-5-4-6-8(7(5)10)12-9(2,3)11-6/h4,6-8,10H,1-3H3/t6-,7-,8-/m1/s1. The molecule has 12 heavy (non-hydrogen) atoms. The third-order valence-corrected chi connectivity index (χ3v) is 2.37. The van der Waals surface area contributed by atoms with Gasteiger partial charge in [-0.3, -0.25) is 0 Å². The smallest absolute Gasteiger partial charge is 0.164 e. The van der Waals surface area contributed by atoms with Gasteiger partial charge in [0.05, 0.1) is 0 Å². The van der Waals surface area contributed by atoms with Crippen LogP contribution in [0.4, 0.5) is 0 Å². The van der Waals surface area contributed by atoms with Crippen molar-refractivity contribution in [1.29, 1.82) is 0 Å². The molecule has 1 heterocycles. The zero-order valence-corrected chi connectivity index (χ0v) is 7.57. The molecule has 3 heteroatoms. The summed E-state index contributed by atoms with van der Waals surface area (Å²) in [4.78, 5) is 0. The maximum atomic E-state index is 9.63. The molecule has 0 aromatic carbocycles. The minimum atomic E-state index is -0.548. The normalized spacial score (nSPS) is 44.3. The quantitative estimate of drug-likeness (QED) is 0.547. The molecule has 1 aliphatic heterocycles. The fraction of sp³-hybridized carbons (Fsp3) is 0.778. The van der Waals surface area contributed by atoms with Crippen LogP contribution < -0.4 is 0 Å². The molecule has 0 spiro atoms. The van der Waals surface area contributed by atoms with E-state index in [1.807, 2.05) is 26.8 Å². The van der Waals surface area contributed by atoms with Crippen molar-refractivity contribution in [1.82, 2.24) is 0 Å². The highest BCUT2D eigenvalue weighted by molar-refractivity contribution is 5.22. The van der Waals surface area contributed by atoms with E-state index in [0.29, 0.717) is 0 Å². The molecular weight excluding hydrogens is 156 g/mol. The number of hydrogen-bond donors (Lipinski definition) is 1. The highest BCUT2D eigenvalue weighted by Crippen LogP contribution is 2.36. The predicted molar refractivity (Wildman–Crippen MR) is 43.6 cm³/mol. The number of hydrogen-bond acceptors (Lipinski definition) is 3. The minimum Gasteiger partial charge on any atom is -0.386 e. The van der Waals surface area contributed by atoms with Crippen molar-refractivity contribution in [3.63, 3.8) is 0 Å². The Hall–Kier alpha value is -0.380. The monoisotopic (exact) mass is 170 g/mol. The molecule has 1 aliphatic carbocycles. The summed E-state index contributed by atoms with van der Waals surface area (Å²) in [7, 11) is 0. The van der Waals surface area contributed by atoms with Gasteiger partial charge in [0.25, 0.3) is 0 Å². The van der Waals surface area contributed by atoms with Gasteiger partial charge in [-0.2, -0.15) is 0 Å². The van der Waals surface area contributed by atoms with E-state index in [4.69, 9.17) is 9.47 Å². The molecule has 68 valence electrons. The Morgan fingerprint density at radius 3 is 2.67 bits per heavy atom. The molecule has 0 unspecified atom stereocenters. The van der Waals surface area contributed by atoms with E-state index in [2.05, 4.69) is 0 Å². The molecule has 0 radical (unpaired) electrons. The van der Waals surface area contributed by atoms with Crippen LogP contribution in [0.25, 0.3) is 0 Å². The SMILES string of the molecule is CC1=C[C@H]2OC(C)(C)O[C@H]2[C@@H]1O. The van der Waals surface area contributed by atoms with Crippen LogP contribution in [0.3, 0.4) is 0 Å². The summed E-state index contributed by atoms with van der Waals surface area (Å²) in [5.74, 6) is -0.548. The van der Waals surface area contributed by atoms with Crippen LogP contribution in [-0.4, -0.2) is 29.2 Å². The number of fused-ring (bicyclic) bond motifs is 1. The van der Waals surface area contributed by atoms with Crippen molar-refractivity contribution in [3.8, 4) is 0 Å². The van der Waals surface area contributed by atoms with E-state index in [0.717, 1.165) is 5.57 Å². The second-order valence-corrected chi connectivity index (χ2v) is 3.92. The van der Waals surface area contributed by atoms with Gasteiger partial charge in [-0.15, -0.1) is 0 Å². The lowest BCUT2D eigenvalue weighted by molar-refractivity contribution is -0.152. The average molecular weight is 170 g/mol. The maximum absolute atomic E-state index is 9.63. The second-order valence-electron chi connectivity index (χ2n) is 3.92. The molecule has 0 aromatic rings. The van der Waals surface area contributed by atoms with Crippen LogP contribution >= 0.6 is 0 Å². The summed E-state index contributed by atoms with van der Waals surface area (Å²) < 4.78 is 11.1. The topological polar surface area (TPSA) is 38.7 Å². The van der Waals surface area contributed by atoms with Crippen molar-refractivity contribution in [3.05, 3.63) is 11.6 Å². The van der Waals surface area contributed by atoms with Crippen molar-refractivity contribution in [2.75, 3.05) is 0 Å². The molecule has 3 atom stereocenters. The first kappa shape index (κ1) is 8.23. The van der Waals surface area contributed by atoms with Gasteiger partial charge in [0.2, 0.25) is 0 Å². The molecular formula is C9H14O3. The molecule has 2 aliphatic rings. The summed E-state index contributed by atoms with van der Waals surface area (Å²) in [5, 5.41) is 9.63. The predicted octanol–water partition coefficient (Wildman–Crippen LogP) is 0.827. The lowest BCUT2D eigenvalue weighted by Gasteiger charge is -2.19. The van der Waals surface area contributed by atoms with Crippen molar-refractivity contribution < 1.29 is 14.6 Å². The molecule has 3 nitrogen and oxygen atoms in total. The van der Waals surface area contributed by atoms with Crippen LogP contribution in [0.5, 0.6) is 0 Å². The summed E-state index contributed by atoms with van der Waals surface area (Å²) in [6.45, 7) is 5.62. The molecule has 1 N–H and O–H groups in total. The zero-order chi connectivity index (χ0) is 8.93. The van der Waals surface area contributed by atoms with Crippen LogP contribution in [0.1, 0.15) is 20.8 Å². The van der Waals surface area contributed by atoms with E-state index in [1.165, 1.54) is 0 Å². The van der Waals surface area contributed by atoms with E-state index in [-0.39, 0.29) is 12.2 Å². The largest absolute Gasteiger partial charge is 0.386 e.